The van der Waals surface area contributed by atoms with E-state index in [1.807, 2.05) is 43.0 Å². The maximum absolute atomic E-state index is 13.4. The van der Waals surface area contributed by atoms with Crippen LogP contribution in [-0.2, 0) is 9.53 Å². The van der Waals surface area contributed by atoms with Gasteiger partial charge < -0.3 is 19.9 Å². The summed E-state index contributed by atoms with van der Waals surface area (Å²) < 4.78 is 4.72. The van der Waals surface area contributed by atoms with Crippen LogP contribution in [0.15, 0.2) is 24.3 Å². The van der Waals surface area contributed by atoms with E-state index in [0.29, 0.717) is 5.92 Å². The third kappa shape index (κ3) is 3.05. The van der Waals surface area contributed by atoms with E-state index in [1.165, 1.54) is 7.11 Å². The van der Waals surface area contributed by atoms with E-state index >= 15 is 0 Å². The molecule has 4 atom stereocenters. The van der Waals surface area contributed by atoms with E-state index in [2.05, 4.69) is 10.3 Å². The minimum absolute atomic E-state index is 0.0351. The number of hydrogen-bond acceptors (Lipinski definition) is 4. The number of imidazole rings is 1. The Labute approximate surface area is 158 Å². The van der Waals surface area contributed by atoms with Gasteiger partial charge in [0.25, 0.3) is 0 Å². The molecule has 1 aromatic heterocycles. The number of alkyl carbamates (subject to hydrolysis) is 1. The Morgan fingerprint density at radius 3 is 2.78 bits per heavy atom. The highest BCUT2D eigenvalue weighted by atomic mass is 16.5. The summed E-state index contributed by atoms with van der Waals surface area (Å²) in [6.07, 6.45) is 2.53. The lowest BCUT2D eigenvalue weighted by atomic mass is 9.95. The molecule has 2 fully saturated rings. The summed E-state index contributed by atoms with van der Waals surface area (Å²) in [5.41, 5.74) is 1.89. The van der Waals surface area contributed by atoms with Crippen molar-refractivity contribution >= 4 is 23.0 Å². The summed E-state index contributed by atoms with van der Waals surface area (Å²) in [6, 6.07) is 7.45. The molecule has 2 heterocycles. The molecule has 7 nitrogen and oxygen atoms in total. The number of H-pyrrole nitrogens is 1. The summed E-state index contributed by atoms with van der Waals surface area (Å²) in [6.45, 7) is 3.87. The predicted octanol–water partition coefficient (Wildman–Crippen LogP) is 3.00. The lowest BCUT2D eigenvalue weighted by Crippen LogP contribution is -2.54. The zero-order chi connectivity index (χ0) is 19.1. The van der Waals surface area contributed by atoms with Crippen LogP contribution in [0.1, 0.15) is 45.0 Å². The molecule has 7 heteroatoms. The van der Waals surface area contributed by atoms with Gasteiger partial charge in [0.15, 0.2) is 0 Å². The van der Waals surface area contributed by atoms with Crippen molar-refractivity contribution < 1.29 is 14.3 Å². The van der Waals surface area contributed by atoms with Crippen LogP contribution in [0.4, 0.5) is 4.79 Å². The molecule has 1 saturated heterocycles. The minimum Gasteiger partial charge on any atom is -0.453 e. The number of benzene rings is 1. The number of likely N-dealkylation sites (tertiary alicyclic amines) is 1. The molecule has 2 aromatic rings. The van der Waals surface area contributed by atoms with Gasteiger partial charge in [0.05, 0.1) is 24.2 Å². The van der Waals surface area contributed by atoms with Gasteiger partial charge in [-0.2, -0.15) is 0 Å². The normalized spacial score (nSPS) is 25.2. The van der Waals surface area contributed by atoms with Crippen molar-refractivity contribution in [3.05, 3.63) is 30.1 Å². The molecule has 2 aliphatic rings. The fourth-order valence-corrected chi connectivity index (χ4v) is 4.63. The maximum atomic E-state index is 13.4. The molecule has 144 valence electrons. The number of rotatable bonds is 4. The number of aromatic nitrogens is 2. The summed E-state index contributed by atoms with van der Waals surface area (Å²) in [5, 5.41) is 2.72. The Morgan fingerprint density at radius 2 is 2.07 bits per heavy atom. The van der Waals surface area contributed by atoms with Crippen LogP contribution in [0.25, 0.3) is 11.0 Å². The number of fused-ring (bicyclic) bond motifs is 3. The monoisotopic (exact) mass is 370 g/mol. The van der Waals surface area contributed by atoms with Gasteiger partial charge in [-0.15, -0.1) is 0 Å². The van der Waals surface area contributed by atoms with Crippen molar-refractivity contribution in [1.29, 1.82) is 0 Å². The Bertz CT molecular complexity index is 829. The van der Waals surface area contributed by atoms with Crippen molar-refractivity contribution in [2.24, 2.45) is 11.8 Å². The number of aromatic amines is 1. The first-order chi connectivity index (χ1) is 13.0. The van der Waals surface area contributed by atoms with E-state index < -0.39 is 12.1 Å². The quantitative estimate of drug-likeness (QED) is 0.866. The highest BCUT2D eigenvalue weighted by Gasteiger charge is 2.51. The molecule has 1 aromatic carbocycles. The van der Waals surface area contributed by atoms with Gasteiger partial charge in [-0.05, 0) is 43.2 Å². The molecule has 1 saturated carbocycles. The highest BCUT2D eigenvalue weighted by molar-refractivity contribution is 5.87. The number of carbonyl (C=O) groups is 2. The van der Waals surface area contributed by atoms with E-state index in [0.717, 1.165) is 36.1 Å². The lowest BCUT2D eigenvalue weighted by Gasteiger charge is -2.37. The average molecular weight is 370 g/mol. The Hall–Kier alpha value is -2.57. The second kappa shape index (κ2) is 6.87. The van der Waals surface area contributed by atoms with Crippen LogP contribution in [0.5, 0.6) is 0 Å². The van der Waals surface area contributed by atoms with Crippen LogP contribution >= 0.6 is 0 Å². The van der Waals surface area contributed by atoms with Crippen LogP contribution in [0.2, 0.25) is 0 Å². The number of ether oxygens (including phenoxy) is 1. The van der Waals surface area contributed by atoms with E-state index in [9.17, 15) is 9.59 Å². The molecule has 4 rings (SSSR count). The summed E-state index contributed by atoms with van der Waals surface area (Å²) >= 11 is 0. The number of hydrogen-bond donors (Lipinski definition) is 2. The number of amides is 2. The Balaban J connectivity index is 1.66. The number of piperidine rings is 1. The molecule has 0 radical (unpaired) electrons. The molecule has 0 spiro atoms. The van der Waals surface area contributed by atoms with Crippen molar-refractivity contribution in [3.8, 4) is 0 Å². The summed E-state index contributed by atoms with van der Waals surface area (Å²) in [7, 11) is 1.31. The first kappa shape index (κ1) is 17.8. The van der Waals surface area contributed by atoms with Crippen LogP contribution in [0.3, 0.4) is 0 Å². The van der Waals surface area contributed by atoms with Gasteiger partial charge in [0, 0.05) is 6.04 Å². The van der Waals surface area contributed by atoms with Crippen LogP contribution in [-0.4, -0.2) is 46.1 Å². The van der Waals surface area contributed by atoms with Gasteiger partial charge in [-0.3, -0.25) is 4.79 Å². The SMILES string of the molecule is COC(=O)N[C@H](C(=O)N1[C@@H]2CC[C@@H](C2)[C@H]1c1nc2ccccc2[nH]1)C(C)C. The first-order valence-electron chi connectivity index (χ1n) is 9.61. The minimum atomic E-state index is -0.608. The summed E-state index contributed by atoms with van der Waals surface area (Å²) in [4.78, 5) is 35.3. The second-order valence-electron chi connectivity index (χ2n) is 7.91. The maximum Gasteiger partial charge on any atom is 0.407 e. The fraction of sp³-hybridized carbons (Fsp3) is 0.550. The summed E-state index contributed by atoms with van der Waals surface area (Å²) in [5.74, 6) is 1.17. The van der Waals surface area contributed by atoms with Gasteiger partial charge in [-0.1, -0.05) is 26.0 Å². The van der Waals surface area contributed by atoms with Crippen LogP contribution < -0.4 is 5.32 Å². The van der Waals surface area contributed by atoms with E-state index in [-0.39, 0.29) is 23.9 Å². The van der Waals surface area contributed by atoms with Gasteiger partial charge in [0.1, 0.15) is 11.9 Å². The first-order valence-corrected chi connectivity index (χ1v) is 9.61. The number of carbonyl (C=O) groups excluding carboxylic acids is 2. The smallest absolute Gasteiger partial charge is 0.407 e. The molecular formula is C20H26N4O3. The van der Waals surface area contributed by atoms with Crippen molar-refractivity contribution in [1.82, 2.24) is 20.2 Å². The lowest BCUT2D eigenvalue weighted by molar-refractivity contribution is -0.139. The number of methoxy groups -OCH3 is 1. The molecule has 2 N–H and O–H groups in total. The molecule has 1 aliphatic carbocycles. The third-order valence-electron chi connectivity index (χ3n) is 5.92. The zero-order valence-electron chi connectivity index (χ0n) is 15.9. The van der Waals surface area contributed by atoms with Crippen molar-refractivity contribution in [2.75, 3.05) is 7.11 Å². The number of para-hydroxylation sites is 2. The standard InChI is InChI=1S/C20H26N4O3/c1-11(2)16(23-20(26)27-3)19(25)24-13-9-8-12(10-13)17(24)18-21-14-6-4-5-7-15(14)22-18/h4-7,11-13,16-17H,8-10H2,1-3H3,(H,21,22)(H,23,26)/t12-,13+,16-,17-/m0/s1. The molecular weight excluding hydrogens is 344 g/mol. The van der Waals surface area contributed by atoms with E-state index in [4.69, 9.17) is 9.72 Å². The average Bonchev–Trinajstić information content (AvgIpc) is 3.37. The third-order valence-corrected chi connectivity index (χ3v) is 5.92. The molecule has 2 bridgehead atoms. The fourth-order valence-electron chi connectivity index (χ4n) is 4.63. The van der Waals surface area contributed by atoms with Crippen LogP contribution in [0, 0.1) is 11.8 Å². The predicted molar refractivity (Wildman–Crippen MR) is 101 cm³/mol. The second-order valence-corrected chi connectivity index (χ2v) is 7.91. The Kier molecular flexibility index (Phi) is 4.53. The van der Waals surface area contributed by atoms with Gasteiger partial charge >= 0.3 is 6.09 Å². The zero-order valence-corrected chi connectivity index (χ0v) is 15.9. The van der Waals surface area contributed by atoms with Gasteiger partial charge in [-0.25, -0.2) is 9.78 Å². The molecule has 27 heavy (non-hydrogen) atoms. The van der Waals surface area contributed by atoms with Crippen molar-refractivity contribution in [2.45, 2.75) is 51.2 Å². The van der Waals surface area contributed by atoms with Gasteiger partial charge in [0.2, 0.25) is 5.91 Å². The van der Waals surface area contributed by atoms with E-state index in [1.54, 1.807) is 0 Å². The number of nitrogens with zero attached hydrogens (tertiary/aromatic N) is 2. The molecule has 0 unspecified atom stereocenters. The topological polar surface area (TPSA) is 87.3 Å². The van der Waals surface area contributed by atoms with Crippen molar-refractivity contribution in [3.63, 3.8) is 0 Å². The highest BCUT2D eigenvalue weighted by Crippen LogP contribution is 2.50. The molecule has 2 amide bonds. The number of nitrogens with one attached hydrogen (secondary N) is 2. The largest absolute Gasteiger partial charge is 0.453 e. The molecule has 1 aliphatic heterocycles. The Morgan fingerprint density at radius 1 is 1.30 bits per heavy atom.